The van der Waals surface area contributed by atoms with Gasteiger partial charge in [0.15, 0.2) is 0 Å². The van der Waals surface area contributed by atoms with E-state index in [-0.39, 0.29) is 5.82 Å². The third-order valence-corrected chi connectivity index (χ3v) is 2.63. The molecule has 0 bridgehead atoms. The molecule has 2 rings (SSSR count). The van der Waals surface area contributed by atoms with Gasteiger partial charge in [-0.25, -0.2) is 4.39 Å². The van der Waals surface area contributed by atoms with Gasteiger partial charge >= 0.3 is 0 Å². The van der Waals surface area contributed by atoms with Gasteiger partial charge in [-0.05, 0) is 30.5 Å². The van der Waals surface area contributed by atoms with Gasteiger partial charge in [0.2, 0.25) is 0 Å². The molecule has 1 N–H and O–H groups in total. The highest BCUT2D eigenvalue weighted by Gasteiger charge is 2.22. The van der Waals surface area contributed by atoms with E-state index in [2.05, 4.69) is 21.1 Å². The first-order valence-corrected chi connectivity index (χ1v) is 4.71. The minimum absolute atomic E-state index is 0.324. The molecular formula is C9H7BrFNO. The van der Waals surface area contributed by atoms with Crippen molar-refractivity contribution >= 4 is 21.6 Å². The fourth-order valence-corrected chi connectivity index (χ4v) is 2.10. The number of aryl methyl sites for hydroxylation is 1. The van der Waals surface area contributed by atoms with Gasteiger partial charge in [0, 0.05) is 10.0 Å². The Balaban J connectivity index is 2.65. The summed E-state index contributed by atoms with van der Waals surface area (Å²) in [5.41, 5.74) is 1.81. The van der Waals surface area contributed by atoms with Crippen LogP contribution < -0.4 is 0 Å². The summed E-state index contributed by atoms with van der Waals surface area (Å²) in [6.45, 7) is 0. The Morgan fingerprint density at radius 2 is 2.15 bits per heavy atom. The van der Waals surface area contributed by atoms with E-state index < -0.39 is 0 Å². The van der Waals surface area contributed by atoms with Crippen LogP contribution in [0.3, 0.4) is 0 Å². The molecule has 68 valence electrons. The van der Waals surface area contributed by atoms with E-state index in [1.807, 2.05) is 6.07 Å². The maximum Gasteiger partial charge on any atom is 0.133 e. The number of oxime groups is 1. The number of hydrogen-bond acceptors (Lipinski definition) is 2. The molecule has 0 spiro atoms. The van der Waals surface area contributed by atoms with Crippen molar-refractivity contribution in [2.45, 2.75) is 12.8 Å². The van der Waals surface area contributed by atoms with Crippen molar-refractivity contribution in [3.05, 3.63) is 33.5 Å². The van der Waals surface area contributed by atoms with Gasteiger partial charge in [-0.1, -0.05) is 21.1 Å². The largest absolute Gasteiger partial charge is 0.411 e. The van der Waals surface area contributed by atoms with E-state index in [9.17, 15) is 4.39 Å². The number of rotatable bonds is 0. The Morgan fingerprint density at radius 1 is 1.38 bits per heavy atom. The molecule has 1 aromatic carbocycles. The minimum atomic E-state index is -0.324. The Kier molecular flexibility index (Phi) is 2.07. The normalized spacial score (nSPS) is 17.8. The summed E-state index contributed by atoms with van der Waals surface area (Å²) in [6, 6.07) is 3.24. The highest BCUT2D eigenvalue weighted by molar-refractivity contribution is 9.10. The van der Waals surface area contributed by atoms with Gasteiger partial charge in [-0.3, -0.25) is 0 Å². The molecule has 0 amide bonds. The maximum absolute atomic E-state index is 13.4. The van der Waals surface area contributed by atoms with Crippen LogP contribution in [0, 0.1) is 5.82 Å². The molecule has 0 fully saturated rings. The van der Waals surface area contributed by atoms with Gasteiger partial charge in [-0.2, -0.15) is 0 Å². The first-order chi connectivity index (χ1) is 6.22. The predicted octanol–water partition coefficient (Wildman–Crippen LogP) is 2.71. The van der Waals surface area contributed by atoms with Crippen molar-refractivity contribution < 1.29 is 9.60 Å². The lowest BCUT2D eigenvalue weighted by Gasteiger charge is -2.01. The second-order valence-corrected chi connectivity index (χ2v) is 3.88. The van der Waals surface area contributed by atoms with Crippen LogP contribution in [0.4, 0.5) is 4.39 Å². The van der Waals surface area contributed by atoms with Gasteiger partial charge < -0.3 is 5.21 Å². The molecule has 0 aliphatic heterocycles. The van der Waals surface area contributed by atoms with E-state index in [1.54, 1.807) is 0 Å². The molecule has 0 aromatic heterocycles. The van der Waals surface area contributed by atoms with Crippen LogP contribution in [0.25, 0.3) is 0 Å². The lowest BCUT2D eigenvalue weighted by atomic mass is 10.1. The Labute approximate surface area is 83.2 Å². The molecule has 0 saturated heterocycles. The average molecular weight is 244 g/mol. The number of nitrogens with zero attached hydrogens (tertiary/aromatic N) is 1. The van der Waals surface area contributed by atoms with Crippen LogP contribution in [0.2, 0.25) is 0 Å². The number of fused-ring (bicyclic) bond motifs is 1. The second-order valence-electron chi connectivity index (χ2n) is 2.97. The zero-order valence-electron chi connectivity index (χ0n) is 6.72. The molecule has 1 aliphatic carbocycles. The molecule has 4 heteroatoms. The van der Waals surface area contributed by atoms with Crippen LogP contribution in [0.5, 0.6) is 0 Å². The quantitative estimate of drug-likeness (QED) is 0.552. The van der Waals surface area contributed by atoms with Crippen LogP contribution in [-0.2, 0) is 6.42 Å². The Bertz CT molecular complexity index is 389. The zero-order valence-corrected chi connectivity index (χ0v) is 8.31. The number of halogens is 2. The molecule has 0 unspecified atom stereocenters. The molecule has 13 heavy (non-hydrogen) atoms. The molecule has 0 saturated carbocycles. The fraction of sp³-hybridized carbons (Fsp3) is 0.222. The van der Waals surface area contributed by atoms with E-state index in [4.69, 9.17) is 5.21 Å². The Morgan fingerprint density at radius 3 is 2.85 bits per heavy atom. The van der Waals surface area contributed by atoms with Crippen molar-refractivity contribution in [1.82, 2.24) is 0 Å². The van der Waals surface area contributed by atoms with Gasteiger partial charge in [-0.15, -0.1) is 0 Å². The number of benzene rings is 1. The molecule has 2 nitrogen and oxygen atoms in total. The monoisotopic (exact) mass is 243 g/mol. The summed E-state index contributed by atoms with van der Waals surface area (Å²) in [5, 5.41) is 11.7. The van der Waals surface area contributed by atoms with Crippen molar-refractivity contribution in [2.24, 2.45) is 5.16 Å². The highest BCUT2D eigenvalue weighted by atomic mass is 79.9. The lowest BCUT2D eigenvalue weighted by molar-refractivity contribution is 0.318. The summed E-state index contributed by atoms with van der Waals surface area (Å²) in [5.74, 6) is -0.324. The maximum atomic E-state index is 13.4. The summed E-state index contributed by atoms with van der Waals surface area (Å²) in [4.78, 5) is 0. The topological polar surface area (TPSA) is 32.6 Å². The SMILES string of the molecule is O/N=C1\CCc2cc(Br)cc(F)c21. The Hall–Kier alpha value is -0.900. The van der Waals surface area contributed by atoms with Gasteiger partial charge in [0.1, 0.15) is 5.82 Å². The van der Waals surface area contributed by atoms with E-state index >= 15 is 0 Å². The third kappa shape index (κ3) is 1.35. The van der Waals surface area contributed by atoms with Crippen molar-refractivity contribution in [3.63, 3.8) is 0 Å². The molecule has 1 aliphatic rings. The van der Waals surface area contributed by atoms with Gasteiger partial charge in [0.25, 0.3) is 0 Å². The van der Waals surface area contributed by atoms with Crippen molar-refractivity contribution in [3.8, 4) is 0 Å². The van der Waals surface area contributed by atoms with Crippen molar-refractivity contribution in [1.29, 1.82) is 0 Å². The molecule has 1 aromatic rings. The average Bonchev–Trinajstić information content (AvgIpc) is 2.47. The molecule has 0 atom stereocenters. The predicted molar refractivity (Wildman–Crippen MR) is 50.7 cm³/mol. The van der Waals surface area contributed by atoms with E-state index in [0.29, 0.717) is 17.7 Å². The summed E-state index contributed by atoms with van der Waals surface area (Å²) in [7, 11) is 0. The van der Waals surface area contributed by atoms with Crippen LogP contribution in [0.15, 0.2) is 21.8 Å². The molecular weight excluding hydrogens is 237 g/mol. The standard InChI is InChI=1S/C9H7BrFNO/c10-6-3-5-1-2-8(12-13)9(5)7(11)4-6/h3-4,13H,1-2H2/b12-8+. The lowest BCUT2D eigenvalue weighted by Crippen LogP contribution is -1.98. The molecule has 0 radical (unpaired) electrons. The van der Waals surface area contributed by atoms with Crippen molar-refractivity contribution in [2.75, 3.05) is 0 Å². The van der Waals surface area contributed by atoms with Gasteiger partial charge in [0.05, 0.1) is 5.71 Å². The molecule has 0 heterocycles. The fourth-order valence-electron chi connectivity index (χ4n) is 1.63. The van der Waals surface area contributed by atoms with Crippen LogP contribution >= 0.6 is 15.9 Å². The highest BCUT2D eigenvalue weighted by Crippen LogP contribution is 2.28. The minimum Gasteiger partial charge on any atom is -0.411 e. The van der Waals surface area contributed by atoms with Crippen LogP contribution in [-0.4, -0.2) is 10.9 Å². The smallest absolute Gasteiger partial charge is 0.133 e. The third-order valence-electron chi connectivity index (χ3n) is 2.18. The zero-order chi connectivity index (χ0) is 9.42. The summed E-state index contributed by atoms with van der Waals surface area (Å²) in [6.07, 6.45) is 1.35. The number of hydrogen-bond donors (Lipinski definition) is 1. The van der Waals surface area contributed by atoms with E-state index in [1.165, 1.54) is 6.07 Å². The first kappa shape index (κ1) is 8.69. The van der Waals surface area contributed by atoms with E-state index in [0.717, 1.165) is 16.5 Å². The second kappa shape index (κ2) is 3.10. The van der Waals surface area contributed by atoms with Crippen LogP contribution in [0.1, 0.15) is 17.5 Å². The summed E-state index contributed by atoms with van der Waals surface area (Å²) < 4.78 is 14.1. The summed E-state index contributed by atoms with van der Waals surface area (Å²) >= 11 is 3.22. The first-order valence-electron chi connectivity index (χ1n) is 3.91.